The minimum atomic E-state index is -3.65. The first-order chi connectivity index (χ1) is 20.9. The predicted molar refractivity (Wildman–Crippen MR) is 163 cm³/mol. The number of alkyl halides is 2. The van der Waals surface area contributed by atoms with Crippen molar-refractivity contribution in [2.24, 2.45) is 0 Å². The zero-order valence-corrected chi connectivity index (χ0v) is 26.2. The predicted octanol–water partition coefficient (Wildman–Crippen LogP) is 4.25. The Labute approximate surface area is 257 Å². The lowest BCUT2D eigenvalue weighted by atomic mass is 10.1. The molecule has 0 radical (unpaired) electrons. The van der Waals surface area contributed by atoms with Gasteiger partial charge in [0.2, 0.25) is 0 Å². The number of anilines is 1. The fourth-order valence-corrected chi connectivity index (χ4v) is 8.54. The molecule has 3 aromatic heterocycles. The summed E-state index contributed by atoms with van der Waals surface area (Å²) < 4.78 is 61.5. The summed E-state index contributed by atoms with van der Waals surface area (Å²) in [4.78, 5) is 25.8. The van der Waals surface area contributed by atoms with Gasteiger partial charge in [0.15, 0.2) is 5.76 Å². The van der Waals surface area contributed by atoms with E-state index in [4.69, 9.17) is 4.52 Å². The van der Waals surface area contributed by atoms with Crippen molar-refractivity contribution in [2.45, 2.75) is 43.4 Å². The topological polar surface area (TPSA) is 125 Å². The number of carbonyl (C=O) groups excluding carboxylic acids is 1. The van der Waals surface area contributed by atoms with Gasteiger partial charge in [-0.1, -0.05) is 11.2 Å². The van der Waals surface area contributed by atoms with Gasteiger partial charge in [-0.2, -0.15) is 4.31 Å². The number of carbonyl (C=O) groups is 1. The molecule has 11 nitrogen and oxygen atoms in total. The van der Waals surface area contributed by atoms with Gasteiger partial charge in [-0.3, -0.25) is 9.69 Å². The van der Waals surface area contributed by atoms with Gasteiger partial charge < -0.3 is 14.7 Å². The van der Waals surface area contributed by atoms with Crippen LogP contribution in [0.1, 0.15) is 35.0 Å². The lowest BCUT2D eigenvalue weighted by molar-refractivity contribution is 0.0120. The van der Waals surface area contributed by atoms with Crippen molar-refractivity contribution in [3.8, 4) is 10.6 Å². The molecule has 44 heavy (non-hydrogen) atoms. The molecular formula is C29H33F2N7O4S2. The summed E-state index contributed by atoms with van der Waals surface area (Å²) in [6.45, 7) is 7.63. The molecule has 234 valence electrons. The molecule has 2 aliphatic rings. The highest BCUT2D eigenvalue weighted by Gasteiger charge is 2.41. The van der Waals surface area contributed by atoms with Crippen LogP contribution < -0.4 is 5.32 Å². The van der Waals surface area contributed by atoms with E-state index in [1.165, 1.54) is 26.9 Å². The summed E-state index contributed by atoms with van der Waals surface area (Å²) in [6.07, 6.45) is 1.01. The molecule has 2 aliphatic heterocycles. The van der Waals surface area contributed by atoms with Gasteiger partial charge in [0.1, 0.15) is 16.4 Å². The Balaban J connectivity index is 1.08. The molecule has 0 aliphatic carbocycles. The Morgan fingerprint density at radius 1 is 1.11 bits per heavy atom. The standard InChI is InChI=1S/C29H33F2N7O4S2/c1-18(34-27-21-5-4-6-22(25(21)32-17-33-27)28(39)37-10-9-29(30,31)16-37)15-36-11-13-38(14-12-36)44(40,41)24-8-7-23(43-24)26-19(2)20(3)35-42-26/h4-8,17-18H,9-16H2,1-3H3,(H,32,33,34). The molecular weight excluding hydrogens is 612 g/mol. The zero-order chi connectivity index (χ0) is 31.2. The third kappa shape index (κ3) is 5.93. The number of piperazine rings is 1. The second-order valence-corrected chi connectivity index (χ2v) is 14.6. The number of para-hydroxylation sites is 1. The molecule has 1 amide bonds. The summed E-state index contributed by atoms with van der Waals surface area (Å²) in [5.74, 6) is -2.22. The number of fused-ring (bicyclic) bond motifs is 1. The first-order valence-corrected chi connectivity index (χ1v) is 16.6. The highest BCUT2D eigenvalue weighted by Crippen LogP contribution is 2.35. The van der Waals surface area contributed by atoms with Crippen molar-refractivity contribution in [2.75, 3.05) is 51.1 Å². The van der Waals surface area contributed by atoms with Gasteiger partial charge >= 0.3 is 0 Å². The average Bonchev–Trinajstić information content (AvgIpc) is 3.72. The van der Waals surface area contributed by atoms with E-state index < -0.39 is 28.4 Å². The van der Waals surface area contributed by atoms with E-state index in [-0.39, 0.29) is 28.8 Å². The molecule has 6 rings (SSSR count). The summed E-state index contributed by atoms with van der Waals surface area (Å²) >= 11 is 1.18. The fraction of sp³-hybridized carbons (Fsp3) is 0.448. The summed E-state index contributed by atoms with van der Waals surface area (Å²) in [6, 6.07) is 8.41. The van der Waals surface area contributed by atoms with E-state index >= 15 is 0 Å². The molecule has 1 atom stereocenters. The number of benzene rings is 1. The van der Waals surface area contributed by atoms with Crippen LogP contribution in [-0.4, -0.2) is 101 Å². The van der Waals surface area contributed by atoms with Crippen LogP contribution in [0.25, 0.3) is 21.5 Å². The van der Waals surface area contributed by atoms with Crippen LogP contribution in [0.3, 0.4) is 0 Å². The second kappa shape index (κ2) is 11.8. The van der Waals surface area contributed by atoms with Crippen LogP contribution in [0, 0.1) is 13.8 Å². The summed E-state index contributed by atoms with van der Waals surface area (Å²) in [5, 5.41) is 7.99. The van der Waals surface area contributed by atoms with E-state index in [1.54, 1.807) is 30.3 Å². The minimum absolute atomic E-state index is 0.000450. The maximum Gasteiger partial charge on any atom is 0.267 e. The molecule has 0 spiro atoms. The van der Waals surface area contributed by atoms with E-state index in [0.29, 0.717) is 55.2 Å². The number of aromatic nitrogens is 3. The average molecular weight is 646 g/mol. The van der Waals surface area contributed by atoms with Crippen molar-refractivity contribution in [3.63, 3.8) is 0 Å². The zero-order valence-electron chi connectivity index (χ0n) is 24.6. The highest BCUT2D eigenvalue weighted by molar-refractivity contribution is 7.91. The van der Waals surface area contributed by atoms with Gasteiger partial charge in [0.25, 0.3) is 21.9 Å². The minimum Gasteiger partial charge on any atom is -0.366 e. The van der Waals surface area contributed by atoms with Crippen molar-refractivity contribution in [1.29, 1.82) is 0 Å². The Morgan fingerprint density at radius 2 is 1.89 bits per heavy atom. The monoisotopic (exact) mass is 645 g/mol. The quantitative estimate of drug-likeness (QED) is 0.300. The van der Waals surface area contributed by atoms with Crippen LogP contribution in [-0.2, 0) is 10.0 Å². The molecule has 4 aromatic rings. The number of amides is 1. The third-order valence-corrected chi connectivity index (χ3v) is 11.6. The van der Waals surface area contributed by atoms with Crippen LogP contribution >= 0.6 is 11.3 Å². The number of halogens is 2. The van der Waals surface area contributed by atoms with Gasteiger partial charge in [-0.25, -0.2) is 27.2 Å². The van der Waals surface area contributed by atoms with Crippen LogP contribution in [0.2, 0.25) is 0 Å². The lowest BCUT2D eigenvalue weighted by Crippen LogP contribution is -2.50. The maximum atomic E-state index is 13.7. The second-order valence-electron chi connectivity index (χ2n) is 11.3. The highest BCUT2D eigenvalue weighted by atomic mass is 32.2. The molecule has 0 bridgehead atoms. The molecule has 2 saturated heterocycles. The number of nitrogens with zero attached hydrogens (tertiary/aromatic N) is 6. The van der Waals surface area contributed by atoms with Crippen molar-refractivity contribution >= 4 is 44.0 Å². The number of rotatable bonds is 8. The maximum absolute atomic E-state index is 13.7. The van der Waals surface area contributed by atoms with Crippen molar-refractivity contribution in [3.05, 3.63) is 53.5 Å². The third-order valence-electron chi connectivity index (χ3n) is 8.15. The Hall–Kier alpha value is -3.53. The van der Waals surface area contributed by atoms with Crippen LogP contribution in [0.4, 0.5) is 14.6 Å². The van der Waals surface area contributed by atoms with E-state index in [2.05, 4.69) is 25.3 Å². The number of nitrogens with one attached hydrogen (secondary N) is 1. The summed E-state index contributed by atoms with van der Waals surface area (Å²) in [5.41, 5.74) is 2.34. The molecule has 0 saturated carbocycles. The molecule has 2 fully saturated rings. The summed E-state index contributed by atoms with van der Waals surface area (Å²) in [7, 11) is -3.65. The molecule has 1 unspecified atom stereocenters. The SMILES string of the molecule is Cc1noc(-c2ccc(S(=O)(=O)N3CCN(CC(C)Nc4ncnc5c(C(=O)N6CCC(F)(F)C6)cccc45)CC3)s2)c1C. The molecule has 5 heterocycles. The number of aryl methyl sites for hydroxylation is 1. The fourth-order valence-electron chi connectivity index (χ4n) is 5.63. The van der Waals surface area contributed by atoms with Crippen LogP contribution in [0.5, 0.6) is 0 Å². The molecule has 15 heteroatoms. The number of sulfonamides is 1. The van der Waals surface area contributed by atoms with E-state index in [0.717, 1.165) is 16.1 Å². The van der Waals surface area contributed by atoms with Gasteiger partial charge in [-0.05, 0) is 45.0 Å². The molecule has 1 aromatic carbocycles. The number of likely N-dealkylation sites (tertiary alicyclic amines) is 1. The smallest absolute Gasteiger partial charge is 0.267 e. The van der Waals surface area contributed by atoms with E-state index in [1.807, 2.05) is 20.8 Å². The van der Waals surface area contributed by atoms with Gasteiger partial charge in [0, 0.05) is 62.7 Å². The van der Waals surface area contributed by atoms with Gasteiger partial charge in [0.05, 0.1) is 28.2 Å². The Bertz CT molecular complexity index is 1800. The van der Waals surface area contributed by atoms with E-state index in [9.17, 15) is 22.0 Å². The number of hydrogen-bond donors (Lipinski definition) is 1. The van der Waals surface area contributed by atoms with Crippen molar-refractivity contribution < 1.29 is 26.5 Å². The van der Waals surface area contributed by atoms with Crippen LogP contribution in [0.15, 0.2) is 45.4 Å². The normalized spacial score (nSPS) is 18.6. The first kappa shape index (κ1) is 30.5. The number of hydrogen-bond acceptors (Lipinski definition) is 10. The van der Waals surface area contributed by atoms with Gasteiger partial charge in [-0.15, -0.1) is 11.3 Å². The number of thiophene rings is 1. The Morgan fingerprint density at radius 3 is 2.57 bits per heavy atom. The molecule has 1 N–H and O–H groups in total. The Kier molecular flexibility index (Phi) is 8.15. The first-order valence-electron chi connectivity index (χ1n) is 14.4. The lowest BCUT2D eigenvalue weighted by Gasteiger charge is -2.35. The largest absolute Gasteiger partial charge is 0.366 e. The van der Waals surface area contributed by atoms with Crippen molar-refractivity contribution in [1.82, 2.24) is 29.2 Å².